The average molecular weight is 388 g/mol. The lowest BCUT2D eigenvalue weighted by Crippen LogP contribution is -2.54. The van der Waals surface area contributed by atoms with Gasteiger partial charge in [-0.15, -0.1) is 0 Å². The van der Waals surface area contributed by atoms with Gasteiger partial charge in [0.25, 0.3) is 11.8 Å². The Labute approximate surface area is 160 Å². The number of primary amides is 1. The lowest BCUT2D eigenvalue weighted by molar-refractivity contribution is -0.136. The number of nitrogens with two attached hydrogens (primary N) is 1. The number of benzene rings is 1. The van der Waals surface area contributed by atoms with Gasteiger partial charge in [-0.3, -0.25) is 34.2 Å². The number of rotatable bonds is 8. The van der Waals surface area contributed by atoms with E-state index in [2.05, 4.69) is 10.6 Å². The van der Waals surface area contributed by atoms with Crippen molar-refractivity contribution in [1.82, 2.24) is 10.2 Å². The van der Waals surface area contributed by atoms with E-state index < -0.39 is 35.6 Å². The third kappa shape index (κ3) is 3.86. The minimum absolute atomic E-state index is 0.0670. The van der Waals surface area contributed by atoms with E-state index in [1.54, 1.807) is 12.1 Å². The Kier molecular flexibility index (Phi) is 5.69. The van der Waals surface area contributed by atoms with Crippen molar-refractivity contribution in [3.8, 4) is 0 Å². The maximum atomic E-state index is 12.9. The van der Waals surface area contributed by atoms with Gasteiger partial charge in [0.1, 0.15) is 6.04 Å². The molecule has 3 rings (SSSR count). The number of amides is 5. The van der Waals surface area contributed by atoms with Crippen LogP contribution in [0.1, 0.15) is 40.0 Å². The number of fused-ring (bicyclic) bond motifs is 1. The van der Waals surface area contributed by atoms with Gasteiger partial charge in [-0.25, -0.2) is 0 Å². The Morgan fingerprint density at radius 2 is 2.00 bits per heavy atom. The normalized spacial score (nSPS) is 18.9. The molecule has 10 heteroatoms. The maximum Gasteiger partial charge on any atom is 0.264 e. The SMILES string of the molecule is NC(=O)CCOCCNc1cccc2c1C(=O)N(C1CCC(=O)NC1=O)C2=O. The van der Waals surface area contributed by atoms with Crippen molar-refractivity contribution in [2.45, 2.75) is 25.3 Å². The summed E-state index contributed by atoms with van der Waals surface area (Å²) in [5.41, 5.74) is 5.86. The Morgan fingerprint density at radius 1 is 1.21 bits per heavy atom. The van der Waals surface area contributed by atoms with Crippen molar-refractivity contribution < 1.29 is 28.7 Å². The van der Waals surface area contributed by atoms with Gasteiger partial charge in [0.2, 0.25) is 17.7 Å². The summed E-state index contributed by atoms with van der Waals surface area (Å²) < 4.78 is 5.26. The van der Waals surface area contributed by atoms with Crippen molar-refractivity contribution in [2.75, 3.05) is 25.1 Å². The zero-order chi connectivity index (χ0) is 20.3. The fraction of sp³-hybridized carbons (Fsp3) is 0.389. The number of imide groups is 2. The van der Waals surface area contributed by atoms with Crippen molar-refractivity contribution in [2.24, 2.45) is 5.73 Å². The van der Waals surface area contributed by atoms with Crippen LogP contribution in [0.25, 0.3) is 0 Å². The molecule has 1 aromatic carbocycles. The number of anilines is 1. The molecule has 1 unspecified atom stereocenters. The van der Waals surface area contributed by atoms with Crippen molar-refractivity contribution in [3.05, 3.63) is 29.3 Å². The number of carbonyl (C=O) groups excluding carboxylic acids is 5. The van der Waals surface area contributed by atoms with Crippen LogP contribution >= 0.6 is 0 Å². The van der Waals surface area contributed by atoms with E-state index in [0.29, 0.717) is 12.2 Å². The van der Waals surface area contributed by atoms with Gasteiger partial charge in [-0.1, -0.05) is 6.07 Å². The number of nitrogens with one attached hydrogen (secondary N) is 2. The molecule has 1 fully saturated rings. The van der Waals surface area contributed by atoms with Crippen LogP contribution in [0.15, 0.2) is 18.2 Å². The highest BCUT2D eigenvalue weighted by molar-refractivity contribution is 6.25. The molecule has 2 aliphatic heterocycles. The molecule has 0 bridgehead atoms. The second-order valence-corrected chi connectivity index (χ2v) is 6.43. The van der Waals surface area contributed by atoms with Gasteiger partial charge in [-0.05, 0) is 18.6 Å². The molecule has 28 heavy (non-hydrogen) atoms. The molecule has 2 heterocycles. The zero-order valence-electron chi connectivity index (χ0n) is 15.0. The zero-order valence-corrected chi connectivity index (χ0v) is 15.0. The first-order valence-electron chi connectivity index (χ1n) is 8.84. The summed E-state index contributed by atoms with van der Waals surface area (Å²) in [6.45, 7) is 0.815. The van der Waals surface area contributed by atoms with Crippen LogP contribution in [0, 0.1) is 0 Å². The van der Waals surface area contributed by atoms with E-state index in [1.165, 1.54) is 6.07 Å². The van der Waals surface area contributed by atoms with Crippen molar-refractivity contribution in [3.63, 3.8) is 0 Å². The van der Waals surface area contributed by atoms with Crippen LogP contribution in [0.3, 0.4) is 0 Å². The molecule has 148 valence electrons. The molecule has 0 spiro atoms. The van der Waals surface area contributed by atoms with E-state index in [9.17, 15) is 24.0 Å². The molecule has 2 aliphatic rings. The van der Waals surface area contributed by atoms with Crippen LogP contribution in [-0.4, -0.2) is 60.2 Å². The van der Waals surface area contributed by atoms with Gasteiger partial charge in [0, 0.05) is 25.1 Å². The first-order valence-corrected chi connectivity index (χ1v) is 8.84. The third-order valence-corrected chi connectivity index (χ3v) is 4.52. The van der Waals surface area contributed by atoms with Crippen molar-refractivity contribution in [1.29, 1.82) is 0 Å². The summed E-state index contributed by atoms with van der Waals surface area (Å²) in [5, 5.41) is 5.19. The summed E-state index contributed by atoms with van der Waals surface area (Å²) in [7, 11) is 0. The minimum atomic E-state index is -1.00. The van der Waals surface area contributed by atoms with Gasteiger partial charge in [0.15, 0.2) is 0 Å². The largest absolute Gasteiger partial charge is 0.382 e. The molecule has 0 saturated carbocycles. The first-order chi connectivity index (χ1) is 13.4. The van der Waals surface area contributed by atoms with E-state index >= 15 is 0 Å². The van der Waals surface area contributed by atoms with E-state index in [-0.39, 0.29) is 43.6 Å². The Bertz CT molecular complexity index is 852. The summed E-state index contributed by atoms with van der Waals surface area (Å²) in [6, 6.07) is 3.81. The van der Waals surface area contributed by atoms with Gasteiger partial charge in [-0.2, -0.15) is 0 Å². The molecule has 1 saturated heterocycles. The fourth-order valence-corrected chi connectivity index (χ4v) is 3.19. The molecule has 10 nitrogen and oxygen atoms in total. The lowest BCUT2D eigenvalue weighted by atomic mass is 10.0. The molecular formula is C18H20N4O6. The van der Waals surface area contributed by atoms with Crippen LogP contribution in [-0.2, 0) is 19.1 Å². The second kappa shape index (κ2) is 8.17. The minimum Gasteiger partial charge on any atom is -0.382 e. The highest BCUT2D eigenvalue weighted by atomic mass is 16.5. The van der Waals surface area contributed by atoms with E-state index in [1.807, 2.05) is 0 Å². The molecule has 0 radical (unpaired) electrons. The number of ether oxygens (including phenoxy) is 1. The quantitative estimate of drug-likeness (QED) is 0.397. The van der Waals surface area contributed by atoms with Crippen LogP contribution < -0.4 is 16.4 Å². The summed E-state index contributed by atoms with van der Waals surface area (Å²) in [5.74, 6) is -2.66. The number of hydrogen-bond acceptors (Lipinski definition) is 7. The van der Waals surface area contributed by atoms with Crippen LogP contribution in [0.2, 0.25) is 0 Å². The van der Waals surface area contributed by atoms with Gasteiger partial charge < -0.3 is 15.8 Å². The monoisotopic (exact) mass is 388 g/mol. The Morgan fingerprint density at radius 3 is 2.71 bits per heavy atom. The Hall–Kier alpha value is -3.27. The fourth-order valence-electron chi connectivity index (χ4n) is 3.19. The highest BCUT2D eigenvalue weighted by Crippen LogP contribution is 2.32. The second-order valence-electron chi connectivity index (χ2n) is 6.43. The number of nitrogens with zero attached hydrogens (tertiary/aromatic N) is 1. The standard InChI is InChI=1S/C18H20N4O6/c19-13(23)6-8-28-9-7-20-11-3-1-2-10-15(11)18(27)22(17(10)26)12-4-5-14(24)21-16(12)25/h1-3,12,20H,4-9H2,(H2,19,23)(H,21,24,25). The molecule has 0 aliphatic carbocycles. The summed E-state index contributed by atoms with van der Waals surface area (Å²) in [4.78, 5) is 60.6. The maximum absolute atomic E-state index is 12.9. The first kappa shape index (κ1) is 19.5. The predicted octanol–water partition coefficient (Wildman–Crippen LogP) is -0.608. The topological polar surface area (TPSA) is 148 Å². The third-order valence-electron chi connectivity index (χ3n) is 4.52. The van der Waals surface area contributed by atoms with Crippen molar-refractivity contribution >= 4 is 35.2 Å². The molecule has 1 aromatic rings. The predicted molar refractivity (Wildman–Crippen MR) is 96.2 cm³/mol. The molecule has 0 aromatic heterocycles. The molecular weight excluding hydrogens is 368 g/mol. The van der Waals surface area contributed by atoms with Gasteiger partial charge >= 0.3 is 0 Å². The Balaban J connectivity index is 1.69. The number of hydrogen-bond donors (Lipinski definition) is 3. The van der Waals surface area contributed by atoms with E-state index in [4.69, 9.17) is 10.5 Å². The smallest absolute Gasteiger partial charge is 0.264 e. The lowest BCUT2D eigenvalue weighted by Gasteiger charge is -2.27. The molecule has 4 N–H and O–H groups in total. The van der Waals surface area contributed by atoms with Crippen LogP contribution in [0.4, 0.5) is 5.69 Å². The number of carbonyl (C=O) groups is 5. The van der Waals surface area contributed by atoms with Gasteiger partial charge in [0.05, 0.1) is 24.3 Å². The average Bonchev–Trinajstić information content (AvgIpc) is 2.90. The summed E-state index contributed by atoms with van der Waals surface area (Å²) in [6.07, 6.45) is 0.290. The van der Waals surface area contributed by atoms with E-state index in [0.717, 1.165) is 4.90 Å². The molecule has 5 amide bonds. The molecule has 1 atom stereocenters. The number of piperidine rings is 1. The summed E-state index contributed by atoms with van der Waals surface area (Å²) >= 11 is 0. The highest BCUT2D eigenvalue weighted by Gasteiger charge is 2.45. The van der Waals surface area contributed by atoms with Crippen LogP contribution in [0.5, 0.6) is 0 Å².